The molecule has 1 N–H and O–H groups in total. The zero-order valence-corrected chi connectivity index (χ0v) is 11.2. The minimum Gasteiger partial charge on any atom is -0.455 e. The van der Waals surface area contributed by atoms with Gasteiger partial charge in [-0.05, 0) is 12.8 Å². The Morgan fingerprint density at radius 3 is 2.68 bits per heavy atom. The maximum absolute atomic E-state index is 11.9. The maximum Gasteiger partial charge on any atom is 0.311 e. The molecule has 2 aliphatic rings. The van der Waals surface area contributed by atoms with E-state index in [0.29, 0.717) is 12.6 Å². The summed E-state index contributed by atoms with van der Waals surface area (Å²) in [5, 5.41) is 2.38. The fourth-order valence-corrected chi connectivity index (χ4v) is 2.79. The predicted molar refractivity (Wildman–Crippen MR) is 67.1 cm³/mol. The number of likely N-dealkylation sites (tertiary alicyclic amines) is 1. The van der Waals surface area contributed by atoms with Crippen molar-refractivity contribution in [3.05, 3.63) is 0 Å². The monoisotopic (exact) mass is 268 g/mol. The molecule has 1 saturated heterocycles. The molecule has 0 aromatic heterocycles. The highest BCUT2D eigenvalue weighted by Gasteiger charge is 2.39. The number of likely N-dealkylation sites (N-methyl/N-ethyl adjacent to an activating group) is 1. The van der Waals surface area contributed by atoms with E-state index < -0.39 is 11.9 Å². The van der Waals surface area contributed by atoms with Crippen LogP contribution in [0.1, 0.15) is 32.1 Å². The molecule has 0 unspecified atom stereocenters. The molecule has 1 saturated carbocycles. The normalized spacial score (nSPS) is 23.7. The van der Waals surface area contributed by atoms with Gasteiger partial charge in [0.05, 0.1) is 5.92 Å². The molecule has 0 aromatic rings. The van der Waals surface area contributed by atoms with E-state index in [2.05, 4.69) is 5.32 Å². The summed E-state index contributed by atoms with van der Waals surface area (Å²) in [6.07, 6.45) is 4.58. The summed E-state index contributed by atoms with van der Waals surface area (Å²) in [5.41, 5.74) is 0. The Labute approximate surface area is 112 Å². The molecule has 0 bridgehead atoms. The van der Waals surface area contributed by atoms with Gasteiger partial charge >= 0.3 is 5.97 Å². The predicted octanol–water partition coefficient (Wildman–Crippen LogP) is 0.0667. The van der Waals surface area contributed by atoms with Crippen molar-refractivity contribution in [1.82, 2.24) is 10.2 Å². The highest BCUT2D eigenvalue weighted by atomic mass is 16.5. The third kappa shape index (κ3) is 3.24. The van der Waals surface area contributed by atoms with Crippen LogP contribution in [0.2, 0.25) is 0 Å². The van der Waals surface area contributed by atoms with Crippen LogP contribution in [0.3, 0.4) is 0 Å². The largest absolute Gasteiger partial charge is 0.455 e. The average Bonchev–Trinajstić information content (AvgIpc) is 3.04. The molecule has 6 heteroatoms. The lowest BCUT2D eigenvalue weighted by Crippen LogP contribution is -2.35. The average molecular weight is 268 g/mol. The van der Waals surface area contributed by atoms with Gasteiger partial charge in [-0.1, -0.05) is 12.8 Å². The van der Waals surface area contributed by atoms with Crippen molar-refractivity contribution in [2.45, 2.75) is 38.1 Å². The molecule has 2 rings (SSSR count). The van der Waals surface area contributed by atoms with E-state index in [4.69, 9.17) is 4.74 Å². The Kier molecular flexibility index (Phi) is 4.39. The lowest BCUT2D eigenvalue weighted by Gasteiger charge is -2.23. The number of carbonyl (C=O) groups excluding carboxylic acids is 3. The molecule has 1 aliphatic carbocycles. The van der Waals surface area contributed by atoms with E-state index in [-0.39, 0.29) is 24.8 Å². The summed E-state index contributed by atoms with van der Waals surface area (Å²) in [5.74, 6) is -1.17. The SMILES string of the molecule is CNC(=O)COC(=O)[C@@H]1CC(=O)N(C2CCCC2)C1. The Balaban J connectivity index is 1.84. The topological polar surface area (TPSA) is 75.7 Å². The fraction of sp³-hybridized carbons (Fsp3) is 0.769. The van der Waals surface area contributed by atoms with Crippen LogP contribution in [0.4, 0.5) is 0 Å². The third-order valence-electron chi connectivity index (χ3n) is 3.88. The maximum atomic E-state index is 11.9. The van der Waals surface area contributed by atoms with E-state index in [9.17, 15) is 14.4 Å². The lowest BCUT2D eigenvalue weighted by atomic mass is 10.1. The second kappa shape index (κ2) is 6.04. The van der Waals surface area contributed by atoms with Crippen molar-refractivity contribution >= 4 is 17.8 Å². The molecule has 1 heterocycles. The molecule has 6 nitrogen and oxygen atoms in total. The van der Waals surface area contributed by atoms with Gasteiger partial charge in [0.15, 0.2) is 6.61 Å². The van der Waals surface area contributed by atoms with Crippen molar-refractivity contribution in [1.29, 1.82) is 0 Å². The van der Waals surface area contributed by atoms with Gasteiger partial charge in [0.25, 0.3) is 5.91 Å². The van der Waals surface area contributed by atoms with Gasteiger partial charge in [-0.25, -0.2) is 0 Å². The first-order valence-corrected chi connectivity index (χ1v) is 6.78. The van der Waals surface area contributed by atoms with Crippen LogP contribution in [0.15, 0.2) is 0 Å². The first-order valence-electron chi connectivity index (χ1n) is 6.78. The van der Waals surface area contributed by atoms with Crippen LogP contribution in [0.25, 0.3) is 0 Å². The molecule has 106 valence electrons. The number of hydrogen-bond acceptors (Lipinski definition) is 4. The van der Waals surface area contributed by atoms with Crippen molar-refractivity contribution < 1.29 is 19.1 Å². The molecule has 2 amide bonds. The molecule has 0 aromatic carbocycles. The minimum atomic E-state index is -0.447. The molecular weight excluding hydrogens is 248 g/mol. The van der Waals surface area contributed by atoms with E-state index >= 15 is 0 Å². The number of ether oxygens (including phenoxy) is 1. The van der Waals surface area contributed by atoms with Gasteiger partial charge in [0.1, 0.15) is 0 Å². The van der Waals surface area contributed by atoms with Crippen LogP contribution in [-0.2, 0) is 19.1 Å². The van der Waals surface area contributed by atoms with Crippen LogP contribution >= 0.6 is 0 Å². The molecule has 0 radical (unpaired) electrons. The van der Waals surface area contributed by atoms with Crippen LogP contribution in [-0.4, -0.2) is 48.9 Å². The zero-order chi connectivity index (χ0) is 13.8. The van der Waals surface area contributed by atoms with Gasteiger partial charge in [-0.3, -0.25) is 14.4 Å². The molecule has 19 heavy (non-hydrogen) atoms. The Morgan fingerprint density at radius 2 is 2.05 bits per heavy atom. The second-order valence-corrected chi connectivity index (χ2v) is 5.17. The van der Waals surface area contributed by atoms with Crippen LogP contribution in [0.5, 0.6) is 0 Å². The smallest absolute Gasteiger partial charge is 0.311 e. The standard InChI is InChI=1S/C13H20N2O4/c1-14-11(16)8-19-13(18)9-6-12(17)15(7-9)10-4-2-3-5-10/h9-10H,2-8H2,1H3,(H,14,16)/t9-/m1/s1. The van der Waals surface area contributed by atoms with Gasteiger partial charge in [-0.2, -0.15) is 0 Å². The van der Waals surface area contributed by atoms with E-state index in [1.807, 2.05) is 4.90 Å². The summed E-state index contributed by atoms with van der Waals surface area (Å²) in [7, 11) is 1.48. The number of carbonyl (C=O) groups is 3. The number of hydrogen-bond donors (Lipinski definition) is 1. The Bertz CT molecular complexity index is 377. The first-order chi connectivity index (χ1) is 9.11. The van der Waals surface area contributed by atoms with Crippen molar-refractivity contribution in [3.63, 3.8) is 0 Å². The Morgan fingerprint density at radius 1 is 1.37 bits per heavy atom. The Hall–Kier alpha value is -1.59. The van der Waals surface area contributed by atoms with Crippen LogP contribution in [0, 0.1) is 5.92 Å². The minimum absolute atomic E-state index is 0.0359. The summed E-state index contributed by atoms with van der Waals surface area (Å²) in [4.78, 5) is 36.5. The molecule has 1 aliphatic heterocycles. The van der Waals surface area contributed by atoms with E-state index in [1.165, 1.54) is 7.05 Å². The number of amides is 2. The molecular formula is C13H20N2O4. The quantitative estimate of drug-likeness (QED) is 0.732. The molecule has 2 fully saturated rings. The van der Waals surface area contributed by atoms with Gasteiger partial charge in [0.2, 0.25) is 5.91 Å². The second-order valence-electron chi connectivity index (χ2n) is 5.17. The highest BCUT2D eigenvalue weighted by molar-refractivity contribution is 5.88. The summed E-state index contributed by atoms with van der Waals surface area (Å²) >= 11 is 0. The van der Waals surface area contributed by atoms with Gasteiger partial charge < -0.3 is 15.0 Å². The number of esters is 1. The zero-order valence-electron chi connectivity index (χ0n) is 11.2. The summed E-state index contributed by atoms with van der Waals surface area (Å²) in [6, 6.07) is 0.296. The van der Waals surface area contributed by atoms with Gasteiger partial charge in [0, 0.05) is 26.1 Å². The van der Waals surface area contributed by atoms with Crippen molar-refractivity contribution in [2.24, 2.45) is 5.92 Å². The van der Waals surface area contributed by atoms with Crippen LogP contribution < -0.4 is 5.32 Å². The van der Waals surface area contributed by atoms with E-state index in [0.717, 1.165) is 25.7 Å². The van der Waals surface area contributed by atoms with E-state index in [1.54, 1.807) is 0 Å². The first kappa shape index (κ1) is 13.8. The summed E-state index contributed by atoms with van der Waals surface area (Å²) in [6.45, 7) is 0.166. The third-order valence-corrected chi connectivity index (χ3v) is 3.88. The lowest BCUT2D eigenvalue weighted by molar-refractivity contribution is -0.152. The number of rotatable bonds is 4. The van der Waals surface area contributed by atoms with Gasteiger partial charge in [-0.15, -0.1) is 0 Å². The van der Waals surface area contributed by atoms with Crippen molar-refractivity contribution in [3.8, 4) is 0 Å². The fourth-order valence-electron chi connectivity index (χ4n) is 2.79. The highest BCUT2D eigenvalue weighted by Crippen LogP contribution is 2.29. The summed E-state index contributed by atoms with van der Waals surface area (Å²) < 4.78 is 4.91. The number of nitrogens with zero attached hydrogens (tertiary/aromatic N) is 1. The molecule has 0 spiro atoms. The van der Waals surface area contributed by atoms with Crippen molar-refractivity contribution in [2.75, 3.05) is 20.2 Å². The molecule has 1 atom stereocenters. The number of nitrogens with one attached hydrogen (secondary N) is 1.